The Hall–Kier alpha value is -3.94. The number of benzene rings is 1. The number of aromatic nitrogens is 3. The molecule has 0 bridgehead atoms. The summed E-state index contributed by atoms with van der Waals surface area (Å²) in [6, 6.07) is 10.7. The average molecular weight is 389 g/mol. The molecular weight excluding hydrogens is 370 g/mol. The van der Waals surface area contributed by atoms with Gasteiger partial charge in [0, 0.05) is 30.7 Å². The molecule has 0 spiro atoms. The average Bonchev–Trinajstić information content (AvgIpc) is 3.26. The number of nitrogens with zero attached hydrogens (tertiary/aromatic N) is 3. The Labute approximate surface area is 166 Å². The smallest absolute Gasteiger partial charge is 0.263 e. The van der Waals surface area contributed by atoms with Crippen molar-refractivity contribution in [1.29, 1.82) is 0 Å². The van der Waals surface area contributed by atoms with Crippen molar-refractivity contribution in [2.45, 2.75) is 13.1 Å². The van der Waals surface area contributed by atoms with Gasteiger partial charge in [0.2, 0.25) is 0 Å². The van der Waals surface area contributed by atoms with Crippen LogP contribution in [0.3, 0.4) is 0 Å². The van der Waals surface area contributed by atoms with Gasteiger partial charge < -0.3 is 19.6 Å². The summed E-state index contributed by atoms with van der Waals surface area (Å²) < 4.78 is 6.51. The highest BCUT2D eigenvalue weighted by Gasteiger charge is 2.13. The van der Waals surface area contributed by atoms with Crippen LogP contribution >= 0.6 is 0 Å². The quantitative estimate of drug-likeness (QED) is 0.525. The van der Waals surface area contributed by atoms with E-state index < -0.39 is 5.91 Å². The van der Waals surface area contributed by atoms with Gasteiger partial charge in [-0.15, -0.1) is 0 Å². The van der Waals surface area contributed by atoms with Crippen LogP contribution in [0.4, 0.5) is 5.82 Å². The standard InChI is InChI=1S/C21H19N5O3/c1-22-19-17-9-14(4-5-18(17)24-13-25-19)10-23-20(27)16-3-2-7-26(21(16)28)11-15-6-8-29-12-15/h2-9,12-13H,10-11H2,1H3,(H,23,27)(H,22,24,25). The van der Waals surface area contributed by atoms with Gasteiger partial charge in [-0.2, -0.15) is 0 Å². The number of furan rings is 1. The van der Waals surface area contributed by atoms with Crippen molar-refractivity contribution in [3.05, 3.63) is 88.5 Å². The number of nitrogens with one attached hydrogen (secondary N) is 2. The molecule has 0 aliphatic heterocycles. The van der Waals surface area contributed by atoms with E-state index in [0.29, 0.717) is 12.4 Å². The highest BCUT2D eigenvalue weighted by molar-refractivity contribution is 5.94. The number of pyridine rings is 1. The molecule has 0 unspecified atom stereocenters. The fourth-order valence-electron chi connectivity index (χ4n) is 3.10. The lowest BCUT2D eigenvalue weighted by Gasteiger charge is -2.09. The third-order valence-electron chi connectivity index (χ3n) is 4.59. The van der Waals surface area contributed by atoms with Gasteiger partial charge in [-0.1, -0.05) is 6.07 Å². The summed E-state index contributed by atoms with van der Waals surface area (Å²) in [6.07, 6.45) is 6.27. The number of hydrogen-bond acceptors (Lipinski definition) is 6. The van der Waals surface area contributed by atoms with Crippen LogP contribution in [0.15, 0.2) is 70.7 Å². The second-order valence-corrected chi connectivity index (χ2v) is 6.49. The third-order valence-corrected chi connectivity index (χ3v) is 4.59. The molecule has 29 heavy (non-hydrogen) atoms. The van der Waals surface area contributed by atoms with Gasteiger partial charge in [0.25, 0.3) is 11.5 Å². The molecule has 4 aromatic rings. The molecule has 1 aromatic carbocycles. The predicted octanol–water partition coefficient (Wildman–Crippen LogP) is 2.40. The Bertz CT molecular complexity index is 1210. The fraction of sp³-hybridized carbons (Fsp3) is 0.143. The van der Waals surface area contributed by atoms with Gasteiger partial charge in [-0.3, -0.25) is 9.59 Å². The first-order valence-electron chi connectivity index (χ1n) is 9.06. The second kappa shape index (κ2) is 7.97. The zero-order valence-electron chi connectivity index (χ0n) is 15.8. The van der Waals surface area contributed by atoms with Gasteiger partial charge in [0.1, 0.15) is 17.7 Å². The van der Waals surface area contributed by atoms with E-state index >= 15 is 0 Å². The van der Waals surface area contributed by atoms with Crippen molar-refractivity contribution < 1.29 is 9.21 Å². The Morgan fingerprint density at radius 2 is 2.07 bits per heavy atom. The molecule has 8 heteroatoms. The van der Waals surface area contributed by atoms with Crippen LogP contribution in [0, 0.1) is 0 Å². The zero-order valence-corrected chi connectivity index (χ0v) is 15.8. The van der Waals surface area contributed by atoms with Gasteiger partial charge in [-0.05, 0) is 35.9 Å². The van der Waals surface area contributed by atoms with Crippen molar-refractivity contribution in [3.63, 3.8) is 0 Å². The van der Waals surface area contributed by atoms with E-state index in [1.807, 2.05) is 18.2 Å². The van der Waals surface area contributed by atoms with Gasteiger partial charge >= 0.3 is 0 Å². The molecule has 0 aliphatic rings. The molecule has 0 atom stereocenters. The summed E-state index contributed by atoms with van der Waals surface area (Å²) in [4.78, 5) is 33.7. The van der Waals surface area contributed by atoms with Crippen LogP contribution in [0.5, 0.6) is 0 Å². The van der Waals surface area contributed by atoms with Crippen molar-refractivity contribution in [2.75, 3.05) is 12.4 Å². The van der Waals surface area contributed by atoms with Crippen molar-refractivity contribution >= 4 is 22.6 Å². The molecule has 3 aromatic heterocycles. The number of amides is 1. The van der Waals surface area contributed by atoms with Crippen LogP contribution < -0.4 is 16.2 Å². The van der Waals surface area contributed by atoms with Gasteiger partial charge in [0.05, 0.1) is 24.6 Å². The molecule has 3 heterocycles. The summed E-state index contributed by atoms with van der Waals surface area (Å²) in [6.45, 7) is 0.622. The number of carbonyl (C=O) groups excluding carboxylic acids is 1. The molecule has 146 valence electrons. The molecule has 0 radical (unpaired) electrons. The summed E-state index contributed by atoms with van der Waals surface area (Å²) in [5.74, 6) is 0.295. The largest absolute Gasteiger partial charge is 0.472 e. The SMILES string of the molecule is CNc1ncnc2ccc(CNC(=O)c3cccn(Cc4ccoc4)c3=O)cc12. The highest BCUT2D eigenvalue weighted by atomic mass is 16.3. The molecule has 0 saturated carbocycles. The maximum absolute atomic E-state index is 12.7. The lowest BCUT2D eigenvalue weighted by molar-refractivity contribution is 0.0949. The van der Waals surface area contributed by atoms with E-state index in [9.17, 15) is 9.59 Å². The first-order valence-corrected chi connectivity index (χ1v) is 9.06. The summed E-state index contributed by atoms with van der Waals surface area (Å²) >= 11 is 0. The van der Waals surface area contributed by atoms with E-state index in [1.54, 1.807) is 37.9 Å². The van der Waals surface area contributed by atoms with Crippen LogP contribution in [0.2, 0.25) is 0 Å². The normalized spacial score (nSPS) is 10.8. The molecule has 8 nitrogen and oxygen atoms in total. The number of rotatable bonds is 6. The number of anilines is 1. The molecular formula is C21H19N5O3. The van der Waals surface area contributed by atoms with Crippen LogP contribution in [0.25, 0.3) is 10.9 Å². The minimum absolute atomic E-state index is 0.0935. The minimum atomic E-state index is -0.421. The lowest BCUT2D eigenvalue weighted by atomic mass is 10.1. The van der Waals surface area contributed by atoms with E-state index in [-0.39, 0.29) is 17.7 Å². The van der Waals surface area contributed by atoms with E-state index in [0.717, 1.165) is 22.0 Å². The molecule has 1 amide bonds. The van der Waals surface area contributed by atoms with Crippen LogP contribution in [-0.2, 0) is 13.1 Å². The maximum atomic E-state index is 12.7. The topological polar surface area (TPSA) is 102 Å². The molecule has 2 N–H and O–H groups in total. The highest BCUT2D eigenvalue weighted by Crippen LogP contribution is 2.20. The Balaban J connectivity index is 1.51. The van der Waals surface area contributed by atoms with Crippen molar-refractivity contribution in [2.24, 2.45) is 0 Å². The van der Waals surface area contributed by atoms with E-state index in [2.05, 4.69) is 20.6 Å². The Morgan fingerprint density at radius 1 is 1.17 bits per heavy atom. The summed E-state index contributed by atoms with van der Waals surface area (Å²) in [5.41, 5.74) is 2.28. The molecule has 0 aliphatic carbocycles. The number of fused-ring (bicyclic) bond motifs is 1. The summed E-state index contributed by atoms with van der Waals surface area (Å²) in [7, 11) is 1.79. The maximum Gasteiger partial charge on any atom is 0.263 e. The molecule has 0 saturated heterocycles. The number of carbonyl (C=O) groups is 1. The molecule has 0 fully saturated rings. The fourth-order valence-corrected chi connectivity index (χ4v) is 3.10. The zero-order chi connectivity index (χ0) is 20.2. The Morgan fingerprint density at radius 3 is 2.86 bits per heavy atom. The summed E-state index contributed by atoms with van der Waals surface area (Å²) in [5, 5.41) is 6.71. The molecule has 4 rings (SSSR count). The van der Waals surface area contributed by atoms with Gasteiger partial charge in [0.15, 0.2) is 0 Å². The second-order valence-electron chi connectivity index (χ2n) is 6.49. The number of hydrogen-bond donors (Lipinski definition) is 2. The lowest BCUT2D eigenvalue weighted by Crippen LogP contribution is -2.32. The van der Waals surface area contributed by atoms with Crippen molar-refractivity contribution in [3.8, 4) is 0 Å². The third kappa shape index (κ3) is 3.86. The Kier molecular flexibility index (Phi) is 5.07. The minimum Gasteiger partial charge on any atom is -0.472 e. The van der Waals surface area contributed by atoms with Crippen LogP contribution in [-0.4, -0.2) is 27.5 Å². The van der Waals surface area contributed by atoms with Crippen molar-refractivity contribution in [1.82, 2.24) is 19.9 Å². The first-order chi connectivity index (χ1) is 14.2. The first kappa shape index (κ1) is 18.4. The van der Waals surface area contributed by atoms with E-state index in [1.165, 1.54) is 17.0 Å². The monoisotopic (exact) mass is 389 g/mol. The van der Waals surface area contributed by atoms with Crippen LogP contribution in [0.1, 0.15) is 21.5 Å². The predicted molar refractivity (Wildman–Crippen MR) is 109 cm³/mol. The van der Waals surface area contributed by atoms with Gasteiger partial charge in [-0.25, -0.2) is 9.97 Å². The van der Waals surface area contributed by atoms with E-state index in [4.69, 9.17) is 4.42 Å².